The van der Waals surface area contributed by atoms with Gasteiger partial charge in [-0.2, -0.15) is 5.10 Å². The largest absolute Gasteiger partial charge is 0.322 e. The first-order valence-corrected chi connectivity index (χ1v) is 5.56. The smallest absolute Gasteiger partial charge is 0.159 e. The van der Waals surface area contributed by atoms with Crippen LogP contribution in [0.25, 0.3) is 0 Å². The molecular formula is C12H14F2N4. The minimum atomic E-state index is -0.894. The van der Waals surface area contributed by atoms with Gasteiger partial charge >= 0.3 is 0 Å². The van der Waals surface area contributed by atoms with Crippen molar-refractivity contribution in [3.63, 3.8) is 0 Å². The topological polar surface area (TPSA) is 56.7 Å². The molecule has 2 rings (SSSR count). The molecule has 1 atom stereocenters. The van der Waals surface area contributed by atoms with Crippen LogP contribution in [0.4, 0.5) is 8.78 Å². The van der Waals surface area contributed by atoms with E-state index in [2.05, 4.69) is 10.1 Å². The third-order valence-electron chi connectivity index (χ3n) is 2.70. The highest BCUT2D eigenvalue weighted by Gasteiger charge is 2.12. The van der Waals surface area contributed by atoms with Crippen LogP contribution in [0.3, 0.4) is 0 Å². The van der Waals surface area contributed by atoms with E-state index >= 15 is 0 Å². The summed E-state index contributed by atoms with van der Waals surface area (Å²) in [7, 11) is 0. The Labute approximate surface area is 103 Å². The number of benzene rings is 1. The van der Waals surface area contributed by atoms with Crippen LogP contribution in [0, 0.1) is 25.5 Å². The summed E-state index contributed by atoms with van der Waals surface area (Å²) < 4.78 is 27.6. The Morgan fingerprint density at radius 1 is 1.28 bits per heavy atom. The van der Waals surface area contributed by atoms with E-state index in [1.54, 1.807) is 11.6 Å². The van der Waals surface area contributed by atoms with Crippen molar-refractivity contribution in [2.45, 2.75) is 26.4 Å². The van der Waals surface area contributed by atoms with Crippen molar-refractivity contribution >= 4 is 0 Å². The quantitative estimate of drug-likeness (QED) is 0.907. The monoisotopic (exact) mass is 252 g/mol. The van der Waals surface area contributed by atoms with Crippen molar-refractivity contribution in [3.05, 3.63) is 47.0 Å². The number of nitrogens with zero attached hydrogens (tertiary/aromatic N) is 3. The SMILES string of the molecule is Cc1nc(C)n(CC(N)c2ccc(F)c(F)c2)n1. The van der Waals surface area contributed by atoms with Crippen LogP contribution in [0.2, 0.25) is 0 Å². The number of aryl methyl sites for hydroxylation is 2. The average molecular weight is 252 g/mol. The molecule has 1 aromatic heterocycles. The zero-order chi connectivity index (χ0) is 13.3. The van der Waals surface area contributed by atoms with E-state index in [-0.39, 0.29) is 0 Å². The van der Waals surface area contributed by atoms with E-state index in [4.69, 9.17) is 5.73 Å². The summed E-state index contributed by atoms with van der Waals surface area (Å²) in [5, 5.41) is 4.17. The lowest BCUT2D eigenvalue weighted by Crippen LogP contribution is -2.19. The van der Waals surface area contributed by atoms with E-state index in [9.17, 15) is 8.78 Å². The fraction of sp³-hybridized carbons (Fsp3) is 0.333. The van der Waals surface area contributed by atoms with Crippen LogP contribution in [0.15, 0.2) is 18.2 Å². The second-order valence-electron chi connectivity index (χ2n) is 4.17. The van der Waals surface area contributed by atoms with Gasteiger partial charge in [0.2, 0.25) is 0 Å². The van der Waals surface area contributed by atoms with Crippen molar-refractivity contribution in [1.29, 1.82) is 0 Å². The predicted molar refractivity (Wildman–Crippen MR) is 62.8 cm³/mol. The van der Waals surface area contributed by atoms with Gasteiger partial charge in [0.15, 0.2) is 11.6 Å². The Bertz CT molecular complexity index is 565. The standard InChI is InChI=1S/C12H14F2N4/c1-7-16-8(2)18(17-7)6-12(15)9-3-4-10(13)11(14)5-9/h3-5,12H,6,15H2,1-2H3. The van der Waals surface area contributed by atoms with Gasteiger partial charge in [-0.3, -0.25) is 0 Å². The average Bonchev–Trinajstić information content (AvgIpc) is 2.61. The second-order valence-corrected chi connectivity index (χ2v) is 4.17. The van der Waals surface area contributed by atoms with Gasteiger partial charge < -0.3 is 5.73 Å². The van der Waals surface area contributed by atoms with Crippen LogP contribution in [0.5, 0.6) is 0 Å². The van der Waals surface area contributed by atoms with E-state index in [1.807, 2.05) is 6.92 Å². The number of nitrogens with two attached hydrogens (primary N) is 1. The van der Waals surface area contributed by atoms with Crippen molar-refractivity contribution in [2.75, 3.05) is 0 Å². The summed E-state index contributed by atoms with van der Waals surface area (Å²) in [4.78, 5) is 4.15. The molecule has 0 aliphatic rings. The van der Waals surface area contributed by atoms with Gasteiger partial charge in [0.25, 0.3) is 0 Å². The van der Waals surface area contributed by atoms with Gasteiger partial charge in [0.05, 0.1) is 6.54 Å². The Morgan fingerprint density at radius 2 is 2.00 bits per heavy atom. The summed E-state index contributed by atoms with van der Waals surface area (Å²) in [6.45, 7) is 3.97. The van der Waals surface area contributed by atoms with E-state index < -0.39 is 17.7 Å². The van der Waals surface area contributed by atoms with Crippen LogP contribution in [0.1, 0.15) is 23.3 Å². The highest BCUT2D eigenvalue weighted by Crippen LogP contribution is 2.16. The Kier molecular flexibility index (Phi) is 3.38. The molecule has 2 N–H and O–H groups in total. The first-order valence-electron chi connectivity index (χ1n) is 5.56. The zero-order valence-corrected chi connectivity index (χ0v) is 10.2. The van der Waals surface area contributed by atoms with E-state index in [1.165, 1.54) is 6.07 Å². The lowest BCUT2D eigenvalue weighted by atomic mass is 10.1. The molecule has 0 amide bonds. The first kappa shape index (κ1) is 12.6. The highest BCUT2D eigenvalue weighted by atomic mass is 19.2. The van der Waals surface area contributed by atoms with Gasteiger partial charge in [-0.15, -0.1) is 0 Å². The van der Waals surface area contributed by atoms with Gasteiger partial charge in [-0.25, -0.2) is 18.4 Å². The number of halogens is 2. The molecule has 0 aliphatic carbocycles. The van der Waals surface area contributed by atoms with Crippen LogP contribution < -0.4 is 5.73 Å². The Hall–Kier alpha value is -1.82. The minimum Gasteiger partial charge on any atom is -0.322 e. The fourth-order valence-electron chi connectivity index (χ4n) is 1.77. The molecule has 0 spiro atoms. The molecule has 0 saturated carbocycles. The molecule has 0 saturated heterocycles. The molecule has 2 aromatic rings. The molecule has 1 aromatic carbocycles. The maximum Gasteiger partial charge on any atom is 0.159 e. The van der Waals surface area contributed by atoms with Crippen LogP contribution in [-0.4, -0.2) is 14.8 Å². The van der Waals surface area contributed by atoms with Crippen LogP contribution in [-0.2, 0) is 6.54 Å². The van der Waals surface area contributed by atoms with Crippen molar-refractivity contribution < 1.29 is 8.78 Å². The first-order chi connectivity index (χ1) is 8.47. The Balaban J connectivity index is 2.19. The number of hydrogen-bond acceptors (Lipinski definition) is 3. The lowest BCUT2D eigenvalue weighted by Gasteiger charge is -2.13. The molecule has 0 fully saturated rings. The highest BCUT2D eigenvalue weighted by molar-refractivity contribution is 5.20. The molecule has 0 radical (unpaired) electrons. The van der Waals surface area contributed by atoms with Gasteiger partial charge in [-0.05, 0) is 31.5 Å². The van der Waals surface area contributed by atoms with Gasteiger partial charge in [-0.1, -0.05) is 6.07 Å². The zero-order valence-electron chi connectivity index (χ0n) is 10.2. The molecule has 1 unspecified atom stereocenters. The van der Waals surface area contributed by atoms with Gasteiger partial charge in [0, 0.05) is 6.04 Å². The minimum absolute atomic E-state index is 0.373. The second kappa shape index (κ2) is 4.81. The normalized spacial score (nSPS) is 12.7. The predicted octanol–water partition coefficient (Wildman–Crippen LogP) is 1.87. The third kappa shape index (κ3) is 2.53. The maximum atomic E-state index is 13.1. The molecule has 6 heteroatoms. The molecular weight excluding hydrogens is 238 g/mol. The number of hydrogen-bond donors (Lipinski definition) is 1. The molecule has 0 aliphatic heterocycles. The van der Waals surface area contributed by atoms with Crippen molar-refractivity contribution in [3.8, 4) is 0 Å². The maximum absolute atomic E-state index is 13.1. The van der Waals surface area contributed by atoms with Crippen molar-refractivity contribution in [2.24, 2.45) is 5.73 Å². The summed E-state index contributed by atoms with van der Waals surface area (Å²) in [5.74, 6) is -0.372. The summed E-state index contributed by atoms with van der Waals surface area (Å²) in [6, 6.07) is 3.20. The third-order valence-corrected chi connectivity index (χ3v) is 2.70. The molecule has 4 nitrogen and oxygen atoms in total. The molecule has 18 heavy (non-hydrogen) atoms. The molecule has 1 heterocycles. The van der Waals surface area contributed by atoms with E-state index in [0.29, 0.717) is 17.9 Å². The van der Waals surface area contributed by atoms with E-state index in [0.717, 1.165) is 18.0 Å². The molecule has 0 bridgehead atoms. The van der Waals surface area contributed by atoms with Crippen LogP contribution >= 0.6 is 0 Å². The summed E-state index contributed by atoms with van der Waals surface area (Å²) >= 11 is 0. The lowest BCUT2D eigenvalue weighted by molar-refractivity contribution is 0.491. The number of aromatic nitrogens is 3. The summed E-state index contributed by atoms with van der Waals surface area (Å²) in [5.41, 5.74) is 6.48. The number of rotatable bonds is 3. The fourth-order valence-corrected chi connectivity index (χ4v) is 1.77. The Morgan fingerprint density at radius 3 is 2.56 bits per heavy atom. The van der Waals surface area contributed by atoms with Crippen molar-refractivity contribution in [1.82, 2.24) is 14.8 Å². The van der Waals surface area contributed by atoms with Gasteiger partial charge in [0.1, 0.15) is 11.6 Å². The molecule has 96 valence electrons. The summed E-state index contributed by atoms with van der Waals surface area (Å²) in [6.07, 6.45) is 0.